The van der Waals surface area contributed by atoms with Gasteiger partial charge in [0, 0.05) is 6.04 Å². The maximum Gasteiger partial charge on any atom is 0.0520 e. The molecule has 2 nitrogen and oxygen atoms in total. The largest absolute Gasteiger partial charge is 0.321 e. The fourth-order valence-electron chi connectivity index (χ4n) is 1.40. The Hall–Kier alpha value is -1.02. The Morgan fingerprint density at radius 3 is 3.09 bits per heavy atom. The molecule has 0 bridgehead atoms. The lowest BCUT2D eigenvalue weighted by atomic mass is 10.0. The van der Waals surface area contributed by atoms with Crippen molar-refractivity contribution >= 4 is 5.69 Å². The van der Waals surface area contributed by atoms with E-state index in [1.807, 2.05) is 6.07 Å². The van der Waals surface area contributed by atoms with E-state index in [0.29, 0.717) is 6.04 Å². The van der Waals surface area contributed by atoms with Gasteiger partial charge in [0.1, 0.15) is 0 Å². The van der Waals surface area contributed by atoms with Gasteiger partial charge in [-0.1, -0.05) is 18.2 Å². The number of hydrazine groups is 1. The Bertz CT molecular complexity index is 257. The van der Waals surface area contributed by atoms with E-state index >= 15 is 0 Å². The van der Waals surface area contributed by atoms with E-state index in [1.54, 1.807) is 0 Å². The van der Waals surface area contributed by atoms with Crippen LogP contribution in [0.2, 0.25) is 0 Å². The Morgan fingerprint density at radius 1 is 1.36 bits per heavy atom. The van der Waals surface area contributed by atoms with Crippen LogP contribution in [0.4, 0.5) is 5.69 Å². The van der Waals surface area contributed by atoms with Crippen LogP contribution in [0.25, 0.3) is 0 Å². The van der Waals surface area contributed by atoms with E-state index < -0.39 is 0 Å². The van der Waals surface area contributed by atoms with Gasteiger partial charge in [0.2, 0.25) is 0 Å². The highest BCUT2D eigenvalue weighted by Crippen LogP contribution is 2.18. The molecule has 0 saturated carbocycles. The normalized spacial score (nSPS) is 22.1. The van der Waals surface area contributed by atoms with Crippen LogP contribution in [0.1, 0.15) is 12.5 Å². The molecule has 0 fully saturated rings. The van der Waals surface area contributed by atoms with Crippen LogP contribution in [0.5, 0.6) is 0 Å². The third-order valence-electron chi connectivity index (χ3n) is 2.00. The van der Waals surface area contributed by atoms with Gasteiger partial charge in [0.25, 0.3) is 0 Å². The van der Waals surface area contributed by atoms with Gasteiger partial charge < -0.3 is 5.43 Å². The number of para-hydroxylation sites is 1. The minimum Gasteiger partial charge on any atom is -0.321 e. The Kier molecular flexibility index (Phi) is 1.55. The molecular weight excluding hydrogens is 136 g/mol. The van der Waals surface area contributed by atoms with Crippen LogP contribution in [0.3, 0.4) is 0 Å². The highest BCUT2D eigenvalue weighted by Gasteiger charge is 2.11. The predicted molar refractivity (Wildman–Crippen MR) is 46.4 cm³/mol. The molecular formula is C9H12N2. The highest BCUT2D eigenvalue weighted by atomic mass is 15.4. The van der Waals surface area contributed by atoms with Crippen molar-refractivity contribution in [2.75, 3.05) is 5.43 Å². The summed E-state index contributed by atoms with van der Waals surface area (Å²) in [5.41, 5.74) is 8.97. The first-order chi connectivity index (χ1) is 5.36. The third-order valence-corrected chi connectivity index (χ3v) is 2.00. The maximum absolute atomic E-state index is 3.19. The minimum absolute atomic E-state index is 0.532. The molecule has 0 saturated heterocycles. The molecule has 0 amide bonds. The summed E-state index contributed by atoms with van der Waals surface area (Å²) in [4.78, 5) is 0. The first-order valence-corrected chi connectivity index (χ1v) is 3.96. The second-order valence-corrected chi connectivity index (χ2v) is 3.03. The zero-order valence-electron chi connectivity index (χ0n) is 6.59. The van der Waals surface area contributed by atoms with Crippen LogP contribution in [-0.2, 0) is 6.42 Å². The molecule has 1 aromatic rings. The molecule has 2 rings (SSSR count). The van der Waals surface area contributed by atoms with Crippen molar-refractivity contribution in [1.82, 2.24) is 5.43 Å². The first-order valence-electron chi connectivity index (χ1n) is 3.96. The van der Waals surface area contributed by atoms with E-state index in [-0.39, 0.29) is 0 Å². The average Bonchev–Trinajstić information content (AvgIpc) is 2.04. The van der Waals surface area contributed by atoms with Gasteiger partial charge >= 0.3 is 0 Å². The molecule has 0 aliphatic carbocycles. The van der Waals surface area contributed by atoms with Crippen molar-refractivity contribution in [3.8, 4) is 0 Å². The summed E-state index contributed by atoms with van der Waals surface area (Å²) in [5.74, 6) is 0. The quantitative estimate of drug-likeness (QED) is 0.583. The van der Waals surface area contributed by atoms with Gasteiger partial charge in [-0.3, -0.25) is 0 Å². The average molecular weight is 148 g/mol. The van der Waals surface area contributed by atoms with Crippen molar-refractivity contribution in [3.63, 3.8) is 0 Å². The predicted octanol–water partition coefficient (Wildman–Crippen LogP) is 1.55. The van der Waals surface area contributed by atoms with E-state index in [4.69, 9.17) is 0 Å². The number of anilines is 1. The molecule has 2 N–H and O–H groups in total. The monoisotopic (exact) mass is 148 g/mol. The molecule has 1 aromatic carbocycles. The zero-order chi connectivity index (χ0) is 7.68. The van der Waals surface area contributed by atoms with Crippen molar-refractivity contribution < 1.29 is 0 Å². The molecule has 0 aromatic heterocycles. The van der Waals surface area contributed by atoms with E-state index in [9.17, 15) is 0 Å². The second kappa shape index (κ2) is 2.55. The fraction of sp³-hybridized carbons (Fsp3) is 0.333. The smallest absolute Gasteiger partial charge is 0.0520 e. The summed E-state index contributed by atoms with van der Waals surface area (Å²) in [6, 6.07) is 8.92. The molecule has 1 aliphatic heterocycles. The molecule has 0 spiro atoms. The minimum atomic E-state index is 0.532. The maximum atomic E-state index is 3.19. The van der Waals surface area contributed by atoms with Crippen LogP contribution >= 0.6 is 0 Å². The molecule has 2 heteroatoms. The Balaban J connectivity index is 2.34. The Morgan fingerprint density at radius 2 is 2.18 bits per heavy atom. The van der Waals surface area contributed by atoms with Crippen LogP contribution in [-0.4, -0.2) is 6.04 Å². The molecule has 1 aliphatic rings. The van der Waals surface area contributed by atoms with Crippen molar-refractivity contribution in [2.24, 2.45) is 0 Å². The number of rotatable bonds is 0. The summed E-state index contributed by atoms with van der Waals surface area (Å²) in [7, 11) is 0. The summed E-state index contributed by atoms with van der Waals surface area (Å²) >= 11 is 0. The summed E-state index contributed by atoms with van der Waals surface area (Å²) in [6.07, 6.45) is 1.11. The summed E-state index contributed by atoms with van der Waals surface area (Å²) in [6.45, 7) is 2.17. The number of benzene rings is 1. The fourth-order valence-corrected chi connectivity index (χ4v) is 1.40. The SMILES string of the molecule is CC1Cc2ccccc2NN1. The lowest BCUT2D eigenvalue weighted by molar-refractivity contribution is 0.581. The van der Waals surface area contributed by atoms with Crippen molar-refractivity contribution in [2.45, 2.75) is 19.4 Å². The standard InChI is InChI=1S/C9H12N2/c1-7-6-8-4-2-3-5-9(8)11-10-7/h2-5,7,10-11H,6H2,1H3. The third kappa shape index (κ3) is 1.21. The first kappa shape index (κ1) is 6.68. The van der Waals surface area contributed by atoms with Gasteiger partial charge in [0.05, 0.1) is 5.69 Å². The Labute approximate surface area is 66.6 Å². The van der Waals surface area contributed by atoms with E-state index in [2.05, 4.69) is 36.0 Å². The van der Waals surface area contributed by atoms with Gasteiger partial charge in [-0.25, -0.2) is 5.43 Å². The highest BCUT2D eigenvalue weighted by molar-refractivity contribution is 5.52. The van der Waals surface area contributed by atoms with Gasteiger partial charge in [-0.15, -0.1) is 0 Å². The van der Waals surface area contributed by atoms with Gasteiger partial charge in [-0.05, 0) is 25.0 Å². The van der Waals surface area contributed by atoms with Crippen molar-refractivity contribution in [3.05, 3.63) is 29.8 Å². The molecule has 11 heavy (non-hydrogen) atoms. The molecule has 1 heterocycles. The van der Waals surface area contributed by atoms with Crippen LogP contribution in [0.15, 0.2) is 24.3 Å². The van der Waals surface area contributed by atoms with Crippen LogP contribution in [0, 0.1) is 0 Å². The molecule has 0 radical (unpaired) electrons. The second-order valence-electron chi connectivity index (χ2n) is 3.03. The summed E-state index contributed by atoms with van der Waals surface area (Å²) in [5, 5.41) is 0. The number of hydrogen-bond acceptors (Lipinski definition) is 2. The van der Waals surface area contributed by atoms with E-state index in [1.165, 1.54) is 11.3 Å². The van der Waals surface area contributed by atoms with E-state index in [0.717, 1.165) is 6.42 Å². The molecule has 1 unspecified atom stereocenters. The lowest BCUT2D eigenvalue weighted by Crippen LogP contribution is -2.37. The summed E-state index contributed by atoms with van der Waals surface area (Å²) < 4.78 is 0. The number of fused-ring (bicyclic) bond motifs is 1. The van der Waals surface area contributed by atoms with Crippen LogP contribution < -0.4 is 10.9 Å². The van der Waals surface area contributed by atoms with Gasteiger partial charge in [0.15, 0.2) is 0 Å². The van der Waals surface area contributed by atoms with Gasteiger partial charge in [-0.2, -0.15) is 0 Å². The molecule has 1 atom stereocenters. The topological polar surface area (TPSA) is 24.1 Å². The number of nitrogens with one attached hydrogen (secondary N) is 2. The van der Waals surface area contributed by atoms with Crippen molar-refractivity contribution in [1.29, 1.82) is 0 Å². The number of hydrogen-bond donors (Lipinski definition) is 2. The zero-order valence-corrected chi connectivity index (χ0v) is 6.59. The molecule has 58 valence electrons. The lowest BCUT2D eigenvalue weighted by Gasteiger charge is -2.24.